The van der Waals surface area contributed by atoms with Gasteiger partial charge in [-0.1, -0.05) is 30.3 Å². The van der Waals surface area contributed by atoms with E-state index in [1.165, 1.54) is 13.0 Å². The lowest BCUT2D eigenvalue weighted by molar-refractivity contribution is -0.119. The molecule has 19 heavy (non-hydrogen) atoms. The standard InChI is InChI=1S/C15H14FNO2/c1-11(18)17-10-12-6-2-4-8-14(12)19-15-9-5-3-7-13(15)16/h2-9H,10H2,1H3,(H,17,18). The van der Waals surface area contributed by atoms with Crippen molar-refractivity contribution in [3.05, 3.63) is 59.9 Å². The summed E-state index contributed by atoms with van der Waals surface area (Å²) in [7, 11) is 0. The Balaban J connectivity index is 2.20. The van der Waals surface area contributed by atoms with Crippen LogP contribution >= 0.6 is 0 Å². The molecule has 0 aliphatic carbocycles. The van der Waals surface area contributed by atoms with Crippen molar-refractivity contribution in [2.75, 3.05) is 0 Å². The van der Waals surface area contributed by atoms with Gasteiger partial charge in [0.15, 0.2) is 11.6 Å². The van der Waals surface area contributed by atoms with Crippen molar-refractivity contribution >= 4 is 5.91 Å². The average molecular weight is 259 g/mol. The molecule has 0 aliphatic rings. The maximum absolute atomic E-state index is 13.5. The van der Waals surface area contributed by atoms with Crippen molar-refractivity contribution in [2.45, 2.75) is 13.5 Å². The number of ether oxygens (including phenoxy) is 1. The second-order valence-electron chi connectivity index (χ2n) is 4.05. The summed E-state index contributed by atoms with van der Waals surface area (Å²) in [5.74, 6) is 0.150. The Morgan fingerprint density at radius 2 is 1.74 bits per heavy atom. The fourth-order valence-corrected chi connectivity index (χ4v) is 1.62. The molecule has 0 saturated carbocycles. The summed E-state index contributed by atoms with van der Waals surface area (Å²) in [5, 5.41) is 2.69. The monoisotopic (exact) mass is 259 g/mol. The van der Waals surface area contributed by atoms with E-state index < -0.39 is 5.82 Å². The SMILES string of the molecule is CC(=O)NCc1ccccc1Oc1ccccc1F. The maximum atomic E-state index is 13.5. The number of hydrogen-bond donors (Lipinski definition) is 1. The molecule has 2 rings (SSSR count). The van der Waals surface area contributed by atoms with E-state index in [0.29, 0.717) is 12.3 Å². The largest absolute Gasteiger partial charge is 0.454 e. The van der Waals surface area contributed by atoms with Crippen LogP contribution in [0.4, 0.5) is 4.39 Å². The molecule has 0 heterocycles. The molecule has 0 fully saturated rings. The van der Waals surface area contributed by atoms with Crippen molar-refractivity contribution < 1.29 is 13.9 Å². The van der Waals surface area contributed by atoms with Crippen LogP contribution in [-0.4, -0.2) is 5.91 Å². The van der Waals surface area contributed by atoms with E-state index in [1.54, 1.807) is 30.3 Å². The van der Waals surface area contributed by atoms with Gasteiger partial charge in [0.25, 0.3) is 0 Å². The summed E-state index contributed by atoms with van der Waals surface area (Å²) in [6.45, 7) is 1.79. The Hall–Kier alpha value is -2.36. The predicted octanol–water partition coefficient (Wildman–Crippen LogP) is 3.25. The highest BCUT2D eigenvalue weighted by atomic mass is 19.1. The quantitative estimate of drug-likeness (QED) is 0.915. The summed E-state index contributed by atoms with van der Waals surface area (Å²) in [6, 6.07) is 13.4. The van der Waals surface area contributed by atoms with E-state index in [4.69, 9.17) is 4.74 Å². The minimum Gasteiger partial charge on any atom is -0.454 e. The molecule has 1 N–H and O–H groups in total. The van der Waals surface area contributed by atoms with Gasteiger partial charge in [-0.2, -0.15) is 0 Å². The molecule has 1 amide bonds. The number of para-hydroxylation sites is 2. The molecule has 0 bridgehead atoms. The zero-order valence-electron chi connectivity index (χ0n) is 10.5. The van der Waals surface area contributed by atoms with Crippen molar-refractivity contribution in [3.63, 3.8) is 0 Å². The van der Waals surface area contributed by atoms with Gasteiger partial charge in [-0.3, -0.25) is 4.79 Å². The minimum absolute atomic E-state index is 0.124. The normalized spacial score (nSPS) is 10.0. The first kappa shape index (κ1) is 13.1. The van der Waals surface area contributed by atoms with Crippen molar-refractivity contribution in [1.82, 2.24) is 5.32 Å². The van der Waals surface area contributed by atoms with E-state index in [2.05, 4.69) is 5.32 Å². The highest BCUT2D eigenvalue weighted by Gasteiger charge is 2.07. The third-order valence-electron chi connectivity index (χ3n) is 2.56. The number of carbonyl (C=O) groups excluding carboxylic acids is 1. The van der Waals surface area contributed by atoms with Crippen molar-refractivity contribution in [3.8, 4) is 11.5 Å². The summed E-state index contributed by atoms with van der Waals surface area (Å²) in [5.41, 5.74) is 0.793. The molecule has 0 unspecified atom stereocenters. The Bertz CT molecular complexity index is 584. The van der Waals surface area contributed by atoms with E-state index in [-0.39, 0.29) is 11.7 Å². The Labute approximate surface area is 111 Å². The molecule has 0 aliphatic heterocycles. The van der Waals surface area contributed by atoms with Gasteiger partial charge in [-0.25, -0.2) is 4.39 Å². The number of benzene rings is 2. The van der Waals surface area contributed by atoms with Crippen LogP contribution < -0.4 is 10.1 Å². The van der Waals surface area contributed by atoms with E-state index in [9.17, 15) is 9.18 Å². The number of halogens is 1. The van der Waals surface area contributed by atoms with Crippen LogP contribution in [0, 0.1) is 5.82 Å². The minimum atomic E-state index is -0.420. The molecular formula is C15H14FNO2. The topological polar surface area (TPSA) is 38.3 Å². The third kappa shape index (κ3) is 3.55. The molecule has 0 radical (unpaired) electrons. The molecule has 0 spiro atoms. The molecular weight excluding hydrogens is 245 g/mol. The van der Waals surface area contributed by atoms with Gasteiger partial charge >= 0.3 is 0 Å². The number of hydrogen-bond acceptors (Lipinski definition) is 2. The Kier molecular flexibility index (Phi) is 4.13. The lowest BCUT2D eigenvalue weighted by atomic mass is 10.2. The second kappa shape index (κ2) is 6.00. The summed E-state index contributed by atoms with van der Waals surface area (Å²) < 4.78 is 19.1. The van der Waals surface area contributed by atoms with Crippen LogP contribution in [0.3, 0.4) is 0 Å². The zero-order valence-corrected chi connectivity index (χ0v) is 10.5. The van der Waals surface area contributed by atoms with Gasteiger partial charge in [-0.05, 0) is 18.2 Å². The molecule has 3 nitrogen and oxygen atoms in total. The lowest BCUT2D eigenvalue weighted by Crippen LogP contribution is -2.19. The van der Waals surface area contributed by atoms with Crippen molar-refractivity contribution in [1.29, 1.82) is 0 Å². The Morgan fingerprint density at radius 1 is 1.11 bits per heavy atom. The molecule has 2 aromatic carbocycles. The van der Waals surface area contributed by atoms with Gasteiger partial charge in [0.1, 0.15) is 5.75 Å². The van der Waals surface area contributed by atoms with Gasteiger partial charge in [0.2, 0.25) is 5.91 Å². The number of carbonyl (C=O) groups is 1. The molecule has 2 aromatic rings. The average Bonchev–Trinajstić information content (AvgIpc) is 2.40. The van der Waals surface area contributed by atoms with Crippen LogP contribution in [0.15, 0.2) is 48.5 Å². The molecule has 0 saturated heterocycles. The Morgan fingerprint density at radius 3 is 2.42 bits per heavy atom. The fraction of sp³-hybridized carbons (Fsp3) is 0.133. The fourth-order valence-electron chi connectivity index (χ4n) is 1.62. The van der Waals surface area contributed by atoms with Crippen LogP contribution in [0.25, 0.3) is 0 Å². The number of rotatable bonds is 4. The smallest absolute Gasteiger partial charge is 0.217 e. The summed E-state index contributed by atoms with van der Waals surface area (Å²) >= 11 is 0. The first-order valence-corrected chi connectivity index (χ1v) is 5.91. The first-order valence-electron chi connectivity index (χ1n) is 5.91. The highest BCUT2D eigenvalue weighted by Crippen LogP contribution is 2.27. The molecule has 4 heteroatoms. The second-order valence-corrected chi connectivity index (χ2v) is 4.05. The van der Waals surface area contributed by atoms with Crippen LogP contribution in [0.1, 0.15) is 12.5 Å². The third-order valence-corrected chi connectivity index (χ3v) is 2.56. The summed E-state index contributed by atoms with van der Waals surface area (Å²) in [4.78, 5) is 10.9. The van der Waals surface area contributed by atoms with Gasteiger partial charge < -0.3 is 10.1 Å². The maximum Gasteiger partial charge on any atom is 0.217 e. The summed E-state index contributed by atoms with van der Waals surface area (Å²) in [6.07, 6.45) is 0. The van der Waals surface area contributed by atoms with Gasteiger partial charge in [-0.15, -0.1) is 0 Å². The highest BCUT2D eigenvalue weighted by molar-refractivity contribution is 5.72. The lowest BCUT2D eigenvalue weighted by Gasteiger charge is -2.11. The van der Waals surface area contributed by atoms with E-state index >= 15 is 0 Å². The zero-order chi connectivity index (χ0) is 13.7. The molecule has 0 aromatic heterocycles. The van der Waals surface area contributed by atoms with Gasteiger partial charge in [0.05, 0.1) is 0 Å². The van der Waals surface area contributed by atoms with Crippen LogP contribution in [-0.2, 0) is 11.3 Å². The van der Waals surface area contributed by atoms with Gasteiger partial charge in [0, 0.05) is 19.0 Å². The first-order chi connectivity index (χ1) is 9.16. The number of nitrogens with one attached hydrogen (secondary N) is 1. The van der Waals surface area contributed by atoms with Crippen LogP contribution in [0.5, 0.6) is 11.5 Å². The van der Waals surface area contributed by atoms with E-state index in [0.717, 1.165) is 5.56 Å². The van der Waals surface area contributed by atoms with Crippen LogP contribution in [0.2, 0.25) is 0 Å². The molecule has 0 atom stereocenters. The molecule has 98 valence electrons. The van der Waals surface area contributed by atoms with E-state index in [1.807, 2.05) is 12.1 Å². The number of amides is 1. The van der Waals surface area contributed by atoms with Crippen molar-refractivity contribution in [2.24, 2.45) is 0 Å². The predicted molar refractivity (Wildman–Crippen MR) is 70.4 cm³/mol.